The fourth-order valence-corrected chi connectivity index (χ4v) is 3.37. The predicted molar refractivity (Wildman–Crippen MR) is 88.1 cm³/mol. The normalized spacial score (nSPS) is 13.6. The Balaban J connectivity index is 2.91. The average molecular weight is 333 g/mol. The molecule has 0 aliphatic carbocycles. The Morgan fingerprint density at radius 1 is 1.24 bits per heavy atom. The highest BCUT2D eigenvalue weighted by molar-refractivity contribution is 7.89. The van der Waals surface area contributed by atoms with E-state index in [1.165, 1.54) is 0 Å². The Bertz CT molecular complexity index is 559. The van der Waals surface area contributed by atoms with Crippen molar-refractivity contribution in [3.63, 3.8) is 0 Å². The molecule has 4 nitrogen and oxygen atoms in total. The molecule has 0 aliphatic rings. The third-order valence-corrected chi connectivity index (χ3v) is 5.22. The molecule has 0 fully saturated rings. The maximum absolute atomic E-state index is 12.3. The van der Waals surface area contributed by atoms with Gasteiger partial charge in [-0.1, -0.05) is 51.8 Å². The first-order valence-corrected chi connectivity index (χ1v) is 9.13. The molecule has 0 spiro atoms. The minimum absolute atomic E-state index is 0.149. The number of benzene rings is 1. The maximum Gasteiger partial charge on any atom is 0.242 e. The number of hydrogen-bond donors (Lipinski definition) is 2. The molecule has 2 N–H and O–H groups in total. The van der Waals surface area contributed by atoms with E-state index < -0.39 is 10.0 Å². The van der Waals surface area contributed by atoms with Gasteiger partial charge >= 0.3 is 0 Å². The summed E-state index contributed by atoms with van der Waals surface area (Å²) in [6.45, 7) is 9.16. The third-order valence-electron chi connectivity index (χ3n) is 3.32. The highest BCUT2D eigenvalue weighted by atomic mass is 35.5. The fourth-order valence-electron chi connectivity index (χ4n) is 1.66. The predicted octanol–water partition coefficient (Wildman–Crippen LogP) is 3.16. The van der Waals surface area contributed by atoms with Crippen molar-refractivity contribution in [2.75, 3.05) is 6.54 Å². The summed E-state index contributed by atoms with van der Waals surface area (Å²) in [5.74, 6) is 0.296. The SMILES string of the molecule is CCC(C)CNS(=O)(=O)c1cc(CNC(C)C)ccc1Cl. The van der Waals surface area contributed by atoms with Crippen molar-refractivity contribution in [3.05, 3.63) is 28.8 Å². The molecule has 0 saturated carbocycles. The van der Waals surface area contributed by atoms with Crippen LogP contribution in [-0.2, 0) is 16.6 Å². The van der Waals surface area contributed by atoms with Gasteiger partial charge in [-0.2, -0.15) is 0 Å². The number of rotatable bonds is 8. The van der Waals surface area contributed by atoms with Crippen LogP contribution < -0.4 is 10.0 Å². The van der Waals surface area contributed by atoms with Gasteiger partial charge in [0.1, 0.15) is 4.90 Å². The lowest BCUT2D eigenvalue weighted by Crippen LogP contribution is -2.28. The lowest BCUT2D eigenvalue weighted by Gasteiger charge is -2.14. The van der Waals surface area contributed by atoms with E-state index in [9.17, 15) is 8.42 Å². The molecule has 0 heterocycles. The van der Waals surface area contributed by atoms with E-state index in [0.717, 1.165) is 12.0 Å². The van der Waals surface area contributed by atoms with Crippen molar-refractivity contribution in [2.24, 2.45) is 5.92 Å². The molecule has 0 amide bonds. The zero-order chi connectivity index (χ0) is 16.0. The molecule has 120 valence electrons. The Kier molecular flexibility index (Phi) is 7.13. The van der Waals surface area contributed by atoms with Crippen molar-refractivity contribution in [2.45, 2.75) is 51.6 Å². The molecule has 1 aromatic carbocycles. The molecular formula is C15H25ClN2O2S. The molecule has 1 unspecified atom stereocenters. The van der Waals surface area contributed by atoms with Crippen LogP contribution >= 0.6 is 11.6 Å². The molecular weight excluding hydrogens is 308 g/mol. The van der Waals surface area contributed by atoms with E-state index in [4.69, 9.17) is 11.6 Å². The lowest BCUT2D eigenvalue weighted by atomic mass is 10.1. The second-order valence-electron chi connectivity index (χ2n) is 5.67. The molecule has 6 heteroatoms. The quantitative estimate of drug-likeness (QED) is 0.768. The summed E-state index contributed by atoms with van der Waals surface area (Å²) >= 11 is 6.05. The van der Waals surface area contributed by atoms with Gasteiger partial charge < -0.3 is 5.32 Å². The van der Waals surface area contributed by atoms with Gasteiger partial charge in [0.15, 0.2) is 0 Å². The molecule has 1 aromatic rings. The summed E-state index contributed by atoms with van der Waals surface area (Å²) in [6, 6.07) is 5.45. The average Bonchev–Trinajstić information content (AvgIpc) is 2.43. The van der Waals surface area contributed by atoms with Crippen LogP contribution in [0, 0.1) is 5.92 Å². The molecule has 0 radical (unpaired) electrons. The summed E-state index contributed by atoms with van der Waals surface area (Å²) in [5, 5.41) is 3.51. The molecule has 0 saturated heterocycles. The summed E-state index contributed by atoms with van der Waals surface area (Å²) < 4.78 is 27.3. The number of sulfonamides is 1. The van der Waals surface area contributed by atoms with E-state index in [1.807, 2.05) is 33.8 Å². The molecule has 21 heavy (non-hydrogen) atoms. The summed E-state index contributed by atoms with van der Waals surface area (Å²) in [5.41, 5.74) is 0.900. The van der Waals surface area contributed by atoms with Crippen LogP contribution in [0.4, 0.5) is 0 Å². The van der Waals surface area contributed by atoms with Crippen LogP contribution in [0.25, 0.3) is 0 Å². The van der Waals surface area contributed by atoms with Crippen molar-refractivity contribution in [1.29, 1.82) is 0 Å². The minimum Gasteiger partial charge on any atom is -0.310 e. The number of halogens is 1. The van der Waals surface area contributed by atoms with Gasteiger partial charge in [0.25, 0.3) is 0 Å². The second kappa shape index (κ2) is 8.13. The molecule has 1 atom stereocenters. The van der Waals surface area contributed by atoms with Crippen molar-refractivity contribution >= 4 is 21.6 Å². The van der Waals surface area contributed by atoms with Gasteiger partial charge in [0.2, 0.25) is 10.0 Å². The van der Waals surface area contributed by atoms with Crippen molar-refractivity contribution in [3.8, 4) is 0 Å². The van der Waals surface area contributed by atoms with Crippen LogP contribution in [-0.4, -0.2) is 21.0 Å². The van der Waals surface area contributed by atoms with Gasteiger partial charge in [-0.05, 0) is 23.6 Å². The monoisotopic (exact) mass is 332 g/mol. The molecule has 0 bridgehead atoms. The lowest BCUT2D eigenvalue weighted by molar-refractivity contribution is 0.528. The van der Waals surface area contributed by atoms with E-state index >= 15 is 0 Å². The summed E-state index contributed by atoms with van der Waals surface area (Å²) in [7, 11) is -3.57. The van der Waals surface area contributed by atoms with Crippen LogP contribution in [0.3, 0.4) is 0 Å². The molecule has 0 aliphatic heterocycles. The zero-order valence-corrected chi connectivity index (χ0v) is 14.7. The van der Waals surface area contributed by atoms with Crippen LogP contribution in [0.2, 0.25) is 5.02 Å². The minimum atomic E-state index is -3.57. The molecule has 1 rings (SSSR count). The summed E-state index contributed by atoms with van der Waals surface area (Å²) in [4.78, 5) is 0.149. The Morgan fingerprint density at radius 2 is 1.90 bits per heavy atom. The van der Waals surface area contributed by atoms with Crippen LogP contribution in [0.15, 0.2) is 23.1 Å². The van der Waals surface area contributed by atoms with Crippen molar-refractivity contribution < 1.29 is 8.42 Å². The molecule has 0 aromatic heterocycles. The highest BCUT2D eigenvalue weighted by Gasteiger charge is 2.19. The Morgan fingerprint density at radius 3 is 2.48 bits per heavy atom. The first-order chi connectivity index (χ1) is 9.76. The standard InChI is InChI=1S/C15H25ClN2O2S/c1-5-12(4)9-18-21(19,20)15-8-13(6-7-14(15)16)10-17-11(2)3/h6-8,11-12,17-18H,5,9-10H2,1-4H3. The van der Waals surface area contributed by atoms with Crippen molar-refractivity contribution in [1.82, 2.24) is 10.0 Å². The summed E-state index contributed by atoms with van der Waals surface area (Å²) in [6.07, 6.45) is 0.925. The van der Waals surface area contributed by atoms with Crippen LogP contribution in [0.5, 0.6) is 0 Å². The smallest absolute Gasteiger partial charge is 0.242 e. The first kappa shape index (κ1) is 18.4. The van der Waals surface area contributed by atoms with E-state index in [2.05, 4.69) is 10.0 Å². The fraction of sp³-hybridized carbons (Fsp3) is 0.600. The van der Waals surface area contributed by atoms with Gasteiger partial charge in [0.05, 0.1) is 5.02 Å². The third kappa shape index (κ3) is 5.94. The van der Waals surface area contributed by atoms with Gasteiger partial charge in [-0.3, -0.25) is 0 Å². The van der Waals surface area contributed by atoms with E-state index in [-0.39, 0.29) is 9.92 Å². The Hall–Kier alpha value is -0.620. The topological polar surface area (TPSA) is 58.2 Å². The number of nitrogens with one attached hydrogen (secondary N) is 2. The Labute approximate surface area is 133 Å². The first-order valence-electron chi connectivity index (χ1n) is 7.27. The van der Waals surface area contributed by atoms with Gasteiger partial charge in [-0.25, -0.2) is 13.1 Å². The van der Waals surface area contributed by atoms with Crippen LogP contribution in [0.1, 0.15) is 39.7 Å². The second-order valence-corrected chi connectivity index (χ2v) is 7.81. The van der Waals surface area contributed by atoms with Gasteiger partial charge in [-0.15, -0.1) is 0 Å². The highest BCUT2D eigenvalue weighted by Crippen LogP contribution is 2.23. The van der Waals surface area contributed by atoms with E-state index in [0.29, 0.717) is 25.0 Å². The zero-order valence-electron chi connectivity index (χ0n) is 13.1. The van der Waals surface area contributed by atoms with Gasteiger partial charge in [0, 0.05) is 19.1 Å². The number of hydrogen-bond acceptors (Lipinski definition) is 3. The maximum atomic E-state index is 12.3. The van der Waals surface area contributed by atoms with E-state index in [1.54, 1.807) is 12.1 Å². The largest absolute Gasteiger partial charge is 0.310 e.